The van der Waals surface area contributed by atoms with E-state index < -0.39 is 11.9 Å². The lowest BCUT2D eigenvalue weighted by Crippen LogP contribution is -2.36. The van der Waals surface area contributed by atoms with Crippen LogP contribution < -0.4 is 10.2 Å². The molecule has 2 aromatic carbocycles. The summed E-state index contributed by atoms with van der Waals surface area (Å²) in [6.45, 7) is 4.98. The zero-order valence-electron chi connectivity index (χ0n) is 20.0. The fourth-order valence-electron chi connectivity index (χ4n) is 5.48. The number of carbonyl (C=O) groups excluding carboxylic acids is 2. The lowest BCUT2D eigenvalue weighted by Gasteiger charge is -2.37. The maximum absolute atomic E-state index is 13.6. The number of carbonyl (C=O) groups is 2. The first-order valence-corrected chi connectivity index (χ1v) is 12.3. The third-order valence-corrected chi connectivity index (χ3v) is 7.52. The minimum atomic E-state index is -0.475. The molecule has 0 radical (unpaired) electrons. The quantitative estimate of drug-likeness (QED) is 0.623. The molecule has 0 spiro atoms. The van der Waals surface area contributed by atoms with Gasteiger partial charge < -0.3 is 19.7 Å². The van der Waals surface area contributed by atoms with Gasteiger partial charge in [-0.05, 0) is 48.6 Å². The van der Waals surface area contributed by atoms with Crippen molar-refractivity contribution in [3.8, 4) is 0 Å². The lowest BCUT2D eigenvalue weighted by molar-refractivity contribution is -0.136. The van der Waals surface area contributed by atoms with E-state index in [1.54, 1.807) is 0 Å². The van der Waals surface area contributed by atoms with Gasteiger partial charge in [-0.2, -0.15) is 0 Å². The Labute approximate surface area is 210 Å². The Hall–Kier alpha value is -3.09. The first-order chi connectivity index (χ1) is 17.0. The summed E-state index contributed by atoms with van der Waals surface area (Å²) < 4.78 is 10.6. The highest BCUT2D eigenvalue weighted by Gasteiger charge is 2.41. The number of rotatable bonds is 4. The average Bonchev–Trinajstić information content (AvgIpc) is 2.88. The first kappa shape index (κ1) is 23.6. The van der Waals surface area contributed by atoms with E-state index in [1.807, 2.05) is 43.3 Å². The topological polar surface area (TPSA) is 67.9 Å². The number of hydrogen-bond acceptors (Lipinski definition) is 6. The summed E-state index contributed by atoms with van der Waals surface area (Å²) in [4.78, 5) is 28.8. The summed E-state index contributed by atoms with van der Waals surface area (Å²) >= 11 is 6.47. The second-order valence-corrected chi connectivity index (χ2v) is 9.63. The predicted molar refractivity (Wildman–Crippen MR) is 136 cm³/mol. The molecule has 0 amide bonds. The van der Waals surface area contributed by atoms with Crippen molar-refractivity contribution >= 4 is 29.0 Å². The molecule has 0 unspecified atom stereocenters. The smallest absolute Gasteiger partial charge is 0.336 e. The Morgan fingerprint density at radius 2 is 1.80 bits per heavy atom. The Morgan fingerprint density at radius 3 is 2.49 bits per heavy atom. The zero-order valence-corrected chi connectivity index (χ0v) is 20.7. The molecule has 2 atom stereocenters. The maximum Gasteiger partial charge on any atom is 0.336 e. The van der Waals surface area contributed by atoms with Crippen LogP contribution in [0.2, 0.25) is 5.02 Å². The number of allylic oxidation sites excluding steroid dienone is 3. The second-order valence-electron chi connectivity index (χ2n) is 9.22. The highest BCUT2D eigenvalue weighted by atomic mass is 35.5. The number of nitrogens with zero attached hydrogens (tertiary/aromatic N) is 1. The molecule has 0 bridgehead atoms. The fraction of sp³-hybridized carbons (Fsp3) is 0.357. The largest absolute Gasteiger partial charge is 0.466 e. The summed E-state index contributed by atoms with van der Waals surface area (Å²) in [5.74, 6) is -0.888. The van der Waals surface area contributed by atoms with Gasteiger partial charge in [0.05, 0.1) is 25.9 Å². The van der Waals surface area contributed by atoms with E-state index in [2.05, 4.69) is 22.3 Å². The number of benzene rings is 2. The van der Waals surface area contributed by atoms with E-state index in [-0.39, 0.29) is 11.7 Å². The van der Waals surface area contributed by atoms with E-state index in [1.165, 1.54) is 7.11 Å². The Morgan fingerprint density at radius 1 is 1.09 bits per heavy atom. The van der Waals surface area contributed by atoms with E-state index in [4.69, 9.17) is 21.1 Å². The van der Waals surface area contributed by atoms with Crippen molar-refractivity contribution in [3.63, 3.8) is 0 Å². The Balaban J connectivity index is 1.54. The third kappa shape index (κ3) is 4.48. The first-order valence-electron chi connectivity index (χ1n) is 12.0. The van der Waals surface area contributed by atoms with E-state index in [9.17, 15) is 9.59 Å². The molecular weight excluding hydrogens is 464 g/mol. The van der Waals surface area contributed by atoms with Gasteiger partial charge in [-0.1, -0.05) is 41.9 Å². The van der Waals surface area contributed by atoms with Crippen molar-refractivity contribution in [3.05, 3.63) is 87.2 Å². The fourth-order valence-corrected chi connectivity index (χ4v) is 5.77. The monoisotopic (exact) mass is 492 g/mol. The van der Waals surface area contributed by atoms with Crippen molar-refractivity contribution in [1.82, 2.24) is 5.32 Å². The number of halogens is 1. The highest BCUT2D eigenvalue weighted by molar-refractivity contribution is 6.31. The van der Waals surface area contributed by atoms with Crippen molar-refractivity contribution in [2.24, 2.45) is 0 Å². The SMILES string of the molecule is COC(=O)C1=C(C)NC2=C(C(=O)C[C@@H](c3ccccc3Cl)C2)[C@H]1c1ccc(N2CCOCC2)cc1. The van der Waals surface area contributed by atoms with Crippen LogP contribution >= 0.6 is 11.6 Å². The minimum absolute atomic E-state index is 0.0146. The van der Waals surface area contributed by atoms with Crippen molar-refractivity contribution in [2.45, 2.75) is 31.6 Å². The van der Waals surface area contributed by atoms with Gasteiger partial charge in [0, 0.05) is 53.1 Å². The minimum Gasteiger partial charge on any atom is -0.466 e. The third-order valence-electron chi connectivity index (χ3n) is 7.18. The normalized spacial score (nSPS) is 22.6. The Bertz CT molecular complexity index is 1210. The van der Waals surface area contributed by atoms with Crippen LogP contribution in [0.5, 0.6) is 0 Å². The maximum atomic E-state index is 13.6. The van der Waals surface area contributed by atoms with E-state index >= 15 is 0 Å². The van der Waals surface area contributed by atoms with Crippen LogP contribution in [-0.2, 0) is 19.1 Å². The number of nitrogens with one attached hydrogen (secondary N) is 1. The van der Waals surface area contributed by atoms with Crippen LogP contribution in [0.3, 0.4) is 0 Å². The summed E-state index contributed by atoms with van der Waals surface area (Å²) in [7, 11) is 1.38. The Kier molecular flexibility index (Phi) is 6.67. The molecule has 0 saturated carbocycles. The van der Waals surface area contributed by atoms with Gasteiger partial charge in [0.1, 0.15) is 0 Å². The van der Waals surface area contributed by atoms with E-state index in [0.717, 1.165) is 35.6 Å². The number of esters is 1. The van der Waals surface area contributed by atoms with E-state index in [0.29, 0.717) is 47.9 Å². The van der Waals surface area contributed by atoms with Crippen molar-refractivity contribution in [2.75, 3.05) is 38.3 Å². The summed E-state index contributed by atoms with van der Waals surface area (Å²) in [5.41, 5.74) is 5.69. The predicted octanol–water partition coefficient (Wildman–Crippen LogP) is 4.71. The molecule has 1 N–H and O–H groups in total. The number of morpholine rings is 1. The van der Waals surface area contributed by atoms with Crippen LogP contribution in [0, 0.1) is 0 Å². The molecule has 5 rings (SSSR count). The van der Waals surface area contributed by atoms with Crippen LogP contribution in [0.1, 0.15) is 42.7 Å². The average molecular weight is 493 g/mol. The number of hydrogen-bond donors (Lipinski definition) is 1. The molecule has 35 heavy (non-hydrogen) atoms. The second kappa shape index (κ2) is 9.88. The molecular formula is C28H29ClN2O4. The molecule has 2 aliphatic heterocycles. The number of ether oxygens (including phenoxy) is 2. The van der Waals surface area contributed by atoms with Crippen LogP contribution in [0.25, 0.3) is 0 Å². The van der Waals surface area contributed by atoms with Gasteiger partial charge >= 0.3 is 5.97 Å². The number of dihydropyridines is 1. The number of ketones is 1. The highest BCUT2D eigenvalue weighted by Crippen LogP contribution is 2.46. The molecule has 2 heterocycles. The summed E-state index contributed by atoms with van der Waals surface area (Å²) in [6.07, 6.45) is 0.999. The van der Waals surface area contributed by atoms with Crippen molar-refractivity contribution in [1.29, 1.82) is 0 Å². The van der Waals surface area contributed by atoms with Gasteiger partial charge in [0.2, 0.25) is 0 Å². The van der Waals surface area contributed by atoms with Gasteiger partial charge in [0.25, 0.3) is 0 Å². The molecule has 1 saturated heterocycles. The molecule has 1 fully saturated rings. The van der Waals surface area contributed by atoms with Gasteiger partial charge in [-0.15, -0.1) is 0 Å². The standard InChI is InChI=1S/C28H29ClN2O4/c1-17-25(28(33)34-2)26(18-7-9-20(10-8-18)31-11-13-35-14-12-31)27-23(30-17)15-19(16-24(27)32)21-5-3-4-6-22(21)29/h3-10,19,26,30H,11-16H2,1-2H3/t19-,26-/m0/s1. The number of Topliss-reactive ketones (excluding diaryl/α,β-unsaturated/α-hetero) is 1. The molecule has 7 heteroatoms. The number of methoxy groups -OCH3 is 1. The van der Waals surface area contributed by atoms with Crippen LogP contribution in [0.15, 0.2) is 71.1 Å². The van der Waals surface area contributed by atoms with Gasteiger partial charge in [-0.25, -0.2) is 4.79 Å². The molecule has 1 aliphatic carbocycles. The molecule has 6 nitrogen and oxygen atoms in total. The van der Waals surface area contributed by atoms with Crippen molar-refractivity contribution < 1.29 is 19.1 Å². The molecule has 0 aromatic heterocycles. The molecule has 2 aromatic rings. The molecule has 182 valence electrons. The molecule has 3 aliphatic rings. The lowest BCUT2D eigenvalue weighted by atomic mass is 9.71. The summed E-state index contributed by atoms with van der Waals surface area (Å²) in [6, 6.07) is 15.9. The number of anilines is 1. The van der Waals surface area contributed by atoms with Crippen LogP contribution in [-0.4, -0.2) is 45.2 Å². The summed E-state index contributed by atoms with van der Waals surface area (Å²) in [5, 5.41) is 4.04. The zero-order chi connectivity index (χ0) is 24.5. The van der Waals surface area contributed by atoms with Gasteiger partial charge in [0.15, 0.2) is 5.78 Å². The van der Waals surface area contributed by atoms with Gasteiger partial charge in [-0.3, -0.25) is 4.79 Å². The van der Waals surface area contributed by atoms with Crippen LogP contribution in [0.4, 0.5) is 5.69 Å².